The lowest BCUT2D eigenvalue weighted by Gasteiger charge is -2.22. The number of hydrogen-bond donors (Lipinski definition) is 3. The fourth-order valence-corrected chi connectivity index (χ4v) is 2.42. The molecule has 6 heteroatoms. The molecule has 5 nitrogen and oxygen atoms in total. The molecule has 1 rings (SSSR count). The van der Waals surface area contributed by atoms with Crippen molar-refractivity contribution < 1.29 is 5.11 Å². The van der Waals surface area contributed by atoms with Crippen LogP contribution in [-0.2, 0) is 6.42 Å². The summed E-state index contributed by atoms with van der Waals surface area (Å²) >= 11 is 1.65. The SMILES string of the molecule is CCCc1nc(NC)cc(NC(C)C(CO)SC)n1. The molecule has 0 saturated carbocycles. The molecule has 0 fully saturated rings. The van der Waals surface area contributed by atoms with Gasteiger partial charge in [0.25, 0.3) is 0 Å². The van der Waals surface area contributed by atoms with Gasteiger partial charge in [-0.05, 0) is 19.6 Å². The summed E-state index contributed by atoms with van der Waals surface area (Å²) in [5.74, 6) is 2.47. The first kappa shape index (κ1) is 16.0. The fraction of sp³-hybridized carbons (Fsp3) is 0.692. The fourth-order valence-electron chi connectivity index (χ4n) is 1.80. The predicted octanol–water partition coefficient (Wildman–Crippen LogP) is 2.00. The highest BCUT2D eigenvalue weighted by Crippen LogP contribution is 2.17. The number of anilines is 2. The zero-order valence-corrected chi connectivity index (χ0v) is 12.9. The van der Waals surface area contributed by atoms with E-state index in [0.29, 0.717) is 0 Å². The predicted molar refractivity (Wildman–Crippen MR) is 83.0 cm³/mol. The van der Waals surface area contributed by atoms with Crippen LogP contribution in [0, 0.1) is 0 Å². The van der Waals surface area contributed by atoms with E-state index in [9.17, 15) is 5.11 Å². The van der Waals surface area contributed by atoms with Crippen LogP contribution in [0.25, 0.3) is 0 Å². The van der Waals surface area contributed by atoms with Crippen molar-refractivity contribution in [2.24, 2.45) is 0 Å². The summed E-state index contributed by atoms with van der Waals surface area (Å²) in [7, 11) is 1.85. The lowest BCUT2D eigenvalue weighted by Crippen LogP contribution is -2.31. The zero-order chi connectivity index (χ0) is 14.3. The Hall–Kier alpha value is -1.01. The molecular weight excluding hydrogens is 260 g/mol. The van der Waals surface area contributed by atoms with Crippen molar-refractivity contribution in [3.8, 4) is 0 Å². The molecule has 108 valence electrons. The maximum Gasteiger partial charge on any atom is 0.133 e. The Morgan fingerprint density at radius 3 is 2.58 bits per heavy atom. The van der Waals surface area contributed by atoms with Gasteiger partial charge in [-0.1, -0.05) is 6.92 Å². The van der Waals surface area contributed by atoms with E-state index in [4.69, 9.17) is 0 Å². The Labute approximate surface area is 119 Å². The lowest BCUT2D eigenvalue weighted by atomic mass is 10.2. The van der Waals surface area contributed by atoms with Gasteiger partial charge in [0.05, 0.1) is 6.61 Å². The van der Waals surface area contributed by atoms with E-state index in [0.717, 1.165) is 30.3 Å². The molecule has 0 bridgehead atoms. The maximum absolute atomic E-state index is 9.31. The maximum atomic E-state index is 9.31. The van der Waals surface area contributed by atoms with Crippen LogP contribution in [0.4, 0.5) is 11.6 Å². The second-order valence-corrected chi connectivity index (χ2v) is 5.52. The number of nitrogens with zero attached hydrogens (tertiary/aromatic N) is 2. The topological polar surface area (TPSA) is 70.1 Å². The molecule has 19 heavy (non-hydrogen) atoms. The molecule has 0 aromatic carbocycles. The molecule has 0 aliphatic heterocycles. The molecule has 2 unspecified atom stereocenters. The van der Waals surface area contributed by atoms with E-state index < -0.39 is 0 Å². The van der Waals surface area contributed by atoms with E-state index >= 15 is 0 Å². The van der Waals surface area contributed by atoms with Crippen molar-refractivity contribution in [1.29, 1.82) is 0 Å². The minimum absolute atomic E-state index is 0.147. The van der Waals surface area contributed by atoms with E-state index in [1.807, 2.05) is 19.4 Å². The lowest BCUT2D eigenvalue weighted by molar-refractivity contribution is 0.288. The summed E-state index contributed by atoms with van der Waals surface area (Å²) in [5, 5.41) is 15.9. The van der Waals surface area contributed by atoms with E-state index in [2.05, 4.69) is 34.4 Å². The van der Waals surface area contributed by atoms with Crippen LogP contribution in [-0.4, -0.2) is 46.3 Å². The second-order valence-electron chi connectivity index (χ2n) is 4.44. The molecule has 2 atom stereocenters. The molecule has 0 amide bonds. The Kier molecular flexibility index (Phi) is 6.94. The molecular formula is C13H24N4OS. The van der Waals surface area contributed by atoms with Crippen LogP contribution in [0.2, 0.25) is 0 Å². The Morgan fingerprint density at radius 1 is 1.37 bits per heavy atom. The summed E-state index contributed by atoms with van der Waals surface area (Å²) in [6.45, 7) is 4.32. The number of aliphatic hydroxyl groups excluding tert-OH is 1. The number of hydrogen-bond acceptors (Lipinski definition) is 6. The zero-order valence-electron chi connectivity index (χ0n) is 12.1. The quantitative estimate of drug-likeness (QED) is 0.678. The standard InChI is InChI=1S/C13H24N4OS/c1-5-6-11-16-12(14-3)7-13(17-11)15-9(2)10(8-18)19-4/h7,9-10,18H,5-6,8H2,1-4H3,(H2,14,15,16,17). The van der Waals surface area contributed by atoms with Crippen molar-refractivity contribution in [2.75, 3.05) is 30.5 Å². The van der Waals surface area contributed by atoms with Gasteiger partial charge in [-0.3, -0.25) is 0 Å². The number of rotatable bonds is 8. The van der Waals surface area contributed by atoms with Crippen molar-refractivity contribution >= 4 is 23.4 Å². The van der Waals surface area contributed by atoms with Crippen LogP contribution >= 0.6 is 11.8 Å². The Bertz CT molecular complexity index is 385. The molecule has 0 radical (unpaired) electrons. The average molecular weight is 284 g/mol. The van der Waals surface area contributed by atoms with Crippen LogP contribution in [0.15, 0.2) is 6.07 Å². The van der Waals surface area contributed by atoms with Gasteiger partial charge in [0.2, 0.25) is 0 Å². The van der Waals surface area contributed by atoms with Gasteiger partial charge in [0.15, 0.2) is 0 Å². The number of aromatic nitrogens is 2. The minimum atomic E-state index is 0.147. The molecule has 0 aliphatic carbocycles. The summed E-state index contributed by atoms with van der Waals surface area (Å²) < 4.78 is 0. The second kappa shape index (κ2) is 8.22. The normalized spacial score (nSPS) is 13.9. The van der Waals surface area contributed by atoms with Crippen LogP contribution < -0.4 is 10.6 Å². The Morgan fingerprint density at radius 2 is 2.05 bits per heavy atom. The van der Waals surface area contributed by atoms with Gasteiger partial charge in [0, 0.05) is 30.8 Å². The summed E-state index contributed by atoms with van der Waals surface area (Å²) in [6, 6.07) is 2.04. The van der Waals surface area contributed by atoms with E-state index in [-0.39, 0.29) is 17.9 Å². The molecule has 0 saturated heterocycles. The number of thioether (sulfide) groups is 1. The summed E-state index contributed by atoms with van der Waals surface area (Å²) in [6.07, 6.45) is 3.89. The van der Waals surface area contributed by atoms with Gasteiger partial charge < -0.3 is 15.7 Å². The number of nitrogens with one attached hydrogen (secondary N) is 2. The third-order valence-corrected chi connectivity index (χ3v) is 4.08. The third kappa shape index (κ3) is 4.87. The highest BCUT2D eigenvalue weighted by molar-refractivity contribution is 7.99. The first-order valence-electron chi connectivity index (χ1n) is 6.60. The molecule has 1 aromatic rings. The van der Waals surface area contributed by atoms with Crippen LogP contribution in [0.3, 0.4) is 0 Å². The van der Waals surface area contributed by atoms with Crippen molar-refractivity contribution in [3.63, 3.8) is 0 Å². The number of aryl methyl sites for hydroxylation is 1. The van der Waals surface area contributed by atoms with E-state index in [1.165, 1.54) is 0 Å². The molecule has 0 spiro atoms. The van der Waals surface area contributed by atoms with Crippen molar-refractivity contribution in [2.45, 2.75) is 38.0 Å². The smallest absolute Gasteiger partial charge is 0.133 e. The molecule has 1 heterocycles. The van der Waals surface area contributed by atoms with Gasteiger partial charge in [0.1, 0.15) is 17.5 Å². The van der Waals surface area contributed by atoms with E-state index in [1.54, 1.807) is 11.8 Å². The average Bonchev–Trinajstić information content (AvgIpc) is 2.40. The largest absolute Gasteiger partial charge is 0.395 e. The Balaban J connectivity index is 2.84. The molecule has 3 N–H and O–H groups in total. The highest BCUT2D eigenvalue weighted by Gasteiger charge is 2.16. The first-order valence-corrected chi connectivity index (χ1v) is 7.89. The van der Waals surface area contributed by atoms with Gasteiger partial charge >= 0.3 is 0 Å². The van der Waals surface area contributed by atoms with Gasteiger partial charge in [-0.15, -0.1) is 0 Å². The van der Waals surface area contributed by atoms with Crippen molar-refractivity contribution in [1.82, 2.24) is 9.97 Å². The first-order chi connectivity index (χ1) is 9.14. The molecule has 1 aromatic heterocycles. The van der Waals surface area contributed by atoms with Gasteiger partial charge in [-0.25, -0.2) is 9.97 Å². The third-order valence-electron chi connectivity index (χ3n) is 2.92. The molecule has 0 aliphatic rings. The monoisotopic (exact) mass is 284 g/mol. The van der Waals surface area contributed by atoms with Crippen LogP contribution in [0.5, 0.6) is 0 Å². The summed E-state index contributed by atoms with van der Waals surface area (Å²) in [5.41, 5.74) is 0. The van der Waals surface area contributed by atoms with Crippen molar-refractivity contribution in [3.05, 3.63) is 11.9 Å². The number of aliphatic hydroxyl groups is 1. The van der Waals surface area contributed by atoms with Gasteiger partial charge in [-0.2, -0.15) is 11.8 Å². The summed E-state index contributed by atoms with van der Waals surface area (Å²) in [4.78, 5) is 8.93. The highest BCUT2D eigenvalue weighted by atomic mass is 32.2. The minimum Gasteiger partial charge on any atom is -0.395 e. The van der Waals surface area contributed by atoms with Crippen LogP contribution in [0.1, 0.15) is 26.1 Å².